The topological polar surface area (TPSA) is 118 Å². The molecule has 0 spiro atoms. The van der Waals surface area contributed by atoms with Gasteiger partial charge in [0.05, 0.1) is 19.3 Å². The number of nitrogens with one attached hydrogen (secondary N) is 2. The Morgan fingerprint density at radius 3 is 2.56 bits per heavy atom. The van der Waals surface area contributed by atoms with Crippen LogP contribution in [0.5, 0.6) is 6.01 Å². The number of nitrogens with two attached hydrogens (primary N) is 1. The first-order chi connectivity index (χ1) is 8.73. The third-order valence-corrected chi connectivity index (χ3v) is 2.23. The minimum atomic E-state index is -0.114. The molecule has 8 heteroatoms. The molecule has 0 bridgehead atoms. The molecular weight excluding hydrogens is 236 g/mol. The summed E-state index contributed by atoms with van der Waals surface area (Å²) < 4.78 is 5.33. The molecule has 8 nitrogen and oxygen atoms in total. The van der Waals surface area contributed by atoms with Crippen LogP contribution in [0.15, 0.2) is 0 Å². The smallest absolute Gasteiger partial charge is 0.323 e. The van der Waals surface area contributed by atoms with Crippen LogP contribution in [0.2, 0.25) is 0 Å². The van der Waals surface area contributed by atoms with Crippen molar-refractivity contribution >= 4 is 11.9 Å². The van der Waals surface area contributed by atoms with Gasteiger partial charge in [-0.25, -0.2) is 5.84 Å². The Hall–Kier alpha value is -1.67. The molecule has 0 saturated heterocycles. The van der Waals surface area contributed by atoms with Crippen molar-refractivity contribution in [3.8, 4) is 6.01 Å². The number of rotatable bonds is 8. The molecule has 0 aromatic carbocycles. The summed E-state index contributed by atoms with van der Waals surface area (Å²) in [5.74, 6) is 5.81. The highest BCUT2D eigenvalue weighted by molar-refractivity contribution is 5.35. The number of ether oxygens (including phenoxy) is 1. The van der Waals surface area contributed by atoms with Gasteiger partial charge in [-0.05, 0) is 12.8 Å². The molecule has 1 rings (SSSR count). The van der Waals surface area contributed by atoms with Gasteiger partial charge in [-0.3, -0.25) is 5.43 Å². The summed E-state index contributed by atoms with van der Waals surface area (Å²) in [6.07, 6.45) is 1.60. The third kappa shape index (κ3) is 4.30. The zero-order valence-corrected chi connectivity index (χ0v) is 10.7. The molecule has 0 amide bonds. The van der Waals surface area contributed by atoms with Crippen molar-refractivity contribution in [1.82, 2.24) is 15.0 Å². The molecule has 1 atom stereocenters. The number of anilines is 2. The van der Waals surface area contributed by atoms with E-state index < -0.39 is 0 Å². The standard InChI is InChI=1S/C10H20N6O2/c1-3-5-18-10-14-8(12-7(4-2)6-17)13-9(15-10)16-11/h7,17H,3-6,11H2,1-2H3,(H2,12,13,14,15,16). The lowest BCUT2D eigenvalue weighted by atomic mass is 10.2. The number of aliphatic hydroxyl groups is 1. The van der Waals surface area contributed by atoms with Gasteiger partial charge in [-0.15, -0.1) is 0 Å². The van der Waals surface area contributed by atoms with E-state index in [-0.39, 0.29) is 24.6 Å². The van der Waals surface area contributed by atoms with Gasteiger partial charge in [0, 0.05) is 0 Å². The van der Waals surface area contributed by atoms with E-state index in [4.69, 9.17) is 15.7 Å². The zero-order valence-electron chi connectivity index (χ0n) is 10.7. The Morgan fingerprint density at radius 2 is 2.00 bits per heavy atom. The fourth-order valence-corrected chi connectivity index (χ4v) is 1.20. The molecule has 0 saturated carbocycles. The average molecular weight is 256 g/mol. The zero-order chi connectivity index (χ0) is 13.4. The van der Waals surface area contributed by atoms with E-state index in [0.29, 0.717) is 12.6 Å². The maximum absolute atomic E-state index is 9.12. The number of aromatic nitrogens is 3. The van der Waals surface area contributed by atoms with E-state index in [9.17, 15) is 0 Å². The molecule has 0 radical (unpaired) electrons. The number of hydrogen-bond acceptors (Lipinski definition) is 8. The van der Waals surface area contributed by atoms with Crippen molar-refractivity contribution < 1.29 is 9.84 Å². The maximum Gasteiger partial charge on any atom is 0.323 e. The summed E-state index contributed by atoms with van der Waals surface area (Å²) in [5, 5.41) is 12.1. The first-order valence-corrected chi connectivity index (χ1v) is 5.96. The van der Waals surface area contributed by atoms with E-state index >= 15 is 0 Å². The van der Waals surface area contributed by atoms with Gasteiger partial charge in [0.2, 0.25) is 11.9 Å². The van der Waals surface area contributed by atoms with Crippen molar-refractivity contribution in [3.63, 3.8) is 0 Å². The van der Waals surface area contributed by atoms with E-state index in [1.807, 2.05) is 13.8 Å². The molecule has 18 heavy (non-hydrogen) atoms. The molecule has 1 unspecified atom stereocenters. The molecule has 1 aromatic heterocycles. The van der Waals surface area contributed by atoms with Crippen LogP contribution >= 0.6 is 0 Å². The lowest BCUT2D eigenvalue weighted by molar-refractivity contribution is 0.270. The summed E-state index contributed by atoms with van der Waals surface area (Å²) >= 11 is 0. The van der Waals surface area contributed by atoms with Crippen LogP contribution in [-0.4, -0.2) is 39.3 Å². The van der Waals surface area contributed by atoms with E-state index in [1.165, 1.54) is 0 Å². The second kappa shape index (κ2) is 7.62. The van der Waals surface area contributed by atoms with Crippen molar-refractivity contribution in [1.29, 1.82) is 0 Å². The van der Waals surface area contributed by atoms with E-state index in [2.05, 4.69) is 25.7 Å². The van der Waals surface area contributed by atoms with E-state index in [0.717, 1.165) is 12.8 Å². The van der Waals surface area contributed by atoms with Crippen molar-refractivity contribution in [2.45, 2.75) is 32.7 Å². The van der Waals surface area contributed by atoms with Crippen LogP contribution < -0.4 is 21.3 Å². The first kappa shape index (κ1) is 14.4. The predicted molar refractivity (Wildman–Crippen MR) is 68.2 cm³/mol. The first-order valence-electron chi connectivity index (χ1n) is 5.96. The number of hydrazine groups is 1. The number of nitrogen functional groups attached to an aromatic ring is 1. The Kier molecular flexibility index (Phi) is 6.09. The second-order valence-electron chi connectivity index (χ2n) is 3.69. The molecule has 0 fully saturated rings. The lowest BCUT2D eigenvalue weighted by Gasteiger charge is -2.14. The molecule has 0 aliphatic carbocycles. The SMILES string of the molecule is CCCOc1nc(NN)nc(NC(CC)CO)n1. The summed E-state index contributed by atoms with van der Waals surface area (Å²) in [5.41, 5.74) is 2.35. The summed E-state index contributed by atoms with van der Waals surface area (Å²) in [7, 11) is 0. The molecule has 5 N–H and O–H groups in total. The maximum atomic E-state index is 9.12. The Labute approximate surface area is 106 Å². The van der Waals surface area contributed by atoms with Gasteiger partial charge < -0.3 is 15.2 Å². The third-order valence-electron chi connectivity index (χ3n) is 2.23. The van der Waals surface area contributed by atoms with Crippen molar-refractivity contribution in [2.24, 2.45) is 5.84 Å². The average Bonchev–Trinajstić information content (AvgIpc) is 2.42. The fourth-order valence-electron chi connectivity index (χ4n) is 1.20. The van der Waals surface area contributed by atoms with Gasteiger partial charge in [-0.1, -0.05) is 13.8 Å². The normalized spacial score (nSPS) is 12.0. The fraction of sp³-hybridized carbons (Fsp3) is 0.700. The Bertz CT molecular complexity index is 358. The summed E-state index contributed by atoms with van der Waals surface area (Å²) in [4.78, 5) is 12.1. The molecule has 0 aliphatic heterocycles. The van der Waals surface area contributed by atoms with Crippen molar-refractivity contribution in [2.75, 3.05) is 24.0 Å². The molecule has 0 aliphatic rings. The summed E-state index contributed by atoms with van der Waals surface area (Å²) in [6.45, 7) is 4.45. The molecule has 1 heterocycles. The predicted octanol–water partition coefficient (Wildman–Crippen LogP) is 0.129. The highest BCUT2D eigenvalue weighted by atomic mass is 16.5. The molecular formula is C10H20N6O2. The second-order valence-corrected chi connectivity index (χ2v) is 3.69. The van der Waals surface area contributed by atoms with Gasteiger partial charge in [-0.2, -0.15) is 15.0 Å². The summed E-state index contributed by atoms with van der Waals surface area (Å²) in [6, 6.07) is 0.0899. The van der Waals surface area contributed by atoms with Crippen LogP contribution in [0, 0.1) is 0 Å². The minimum Gasteiger partial charge on any atom is -0.463 e. The number of nitrogens with zero attached hydrogens (tertiary/aromatic N) is 3. The van der Waals surface area contributed by atoms with Crippen LogP contribution in [0.4, 0.5) is 11.9 Å². The molecule has 102 valence electrons. The minimum absolute atomic E-state index is 0.00127. The Morgan fingerprint density at radius 1 is 1.28 bits per heavy atom. The van der Waals surface area contributed by atoms with Gasteiger partial charge in [0.15, 0.2) is 0 Å². The van der Waals surface area contributed by atoms with Gasteiger partial charge >= 0.3 is 6.01 Å². The largest absolute Gasteiger partial charge is 0.463 e. The van der Waals surface area contributed by atoms with Crippen LogP contribution in [0.3, 0.4) is 0 Å². The lowest BCUT2D eigenvalue weighted by Crippen LogP contribution is -2.25. The number of aliphatic hydroxyl groups excluding tert-OH is 1. The van der Waals surface area contributed by atoms with Gasteiger partial charge in [0.1, 0.15) is 0 Å². The highest BCUT2D eigenvalue weighted by Gasteiger charge is 2.10. The Balaban J connectivity index is 2.82. The highest BCUT2D eigenvalue weighted by Crippen LogP contribution is 2.12. The monoisotopic (exact) mass is 256 g/mol. The quantitative estimate of drug-likeness (QED) is 0.383. The van der Waals surface area contributed by atoms with Gasteiger partial charge in [0.25, 0.3) is 0 Å². The van der Waals surface area contributed by atoms with Crippen LogP contribution in [0.25, 0.3) is 0 Å². The number of hydrogen-bond donors (Lipinski definition) is 4. The van der Waals surface area contributed by atoms with Crippen LogP contribution in [-0.2, 0) is 0 Å². The van der Waals surface area contributed by atoms with E-state index in [1.54, 1.807) is 0 Å². The van der Waals surface area contributed by atoms with Crippen LogP contribution in [0.1, 0.15) is 26.7 Å². The molecule has 1 aromatic rings. The van der Waals surface area contributed by atoms with Crippen molar-refractivity contribution in [3.05, 3.63) is 0 Å².